The van der Waals surface area contributed by atoms with Gasteiger partial charge in [-0.1, -0.05) is 66.4 Å². The van der Waals surface area contributed by atoms with Crippen LogP contribution in [0.25, 0.3) is 32.8 Å². The first-order chi connectivity index (χ1) is 14.7. The Morgan fingerprint density at radius 1 is 0.967 bits per heavy atom. The highest BCUT2D eigenvalue weighted by Gasteiger charge is 2.18. The number of H-pyrrole nitrogens is 1. The van der Waals surface area contributed by atoms with Gasteiger partial charge in [-0.15, -0.1) is 10.2 Å². The Kier molecular flexibility index (Phi) is 4.80. The van der Waals surface area contributed by atoms with E-state index in [0.717, 1.165) is 32.9 Å². The van der Waals surface area contributed by atoms with Crippen LogP contribution in [0.2, 0.25) is 0 Å². The minimum atomic E-state index is 0.0131. The molecule has 0 saturated carbocycles. The van der Waals surface area contributed by atoms with Gasteiger partial charge in [0.1, 0.15) is 5.52 Å². The smallest absolute Gasteiger partial charge is 0.237 e. The van der Waals surface area contributed by atoms with Gasteiger partial charge in [-0.3, -0.25) is 4.79 Å². The molecule has 0 bridgehead atoms. The van der Waals surface area contributed by atoms with Crippen LogP contribution >= 0.6 is 11.8 Å². The largest absolute Gasteiger partial charge is 0.338 e. The van der Waals surface area contributed by atoms with Crippen LogP contribution in [-0.2, 0) is 4.79 Å². The van der Waals surface area contributed by atoms with E-state index in [1.54, 1.807) is 0 Å². The lowest BCUT2D eigenvalue weighted by molar-refractivity contribution is -0.116. The topological polar surface area (TPSA) is 74.8 Å². The van der Waals surface area contributed by atoms with Gasteiger partial charge < -0.3 is 9.88 Å². The Labute approximate surface area is 177 Å². The van der Waals surface area contributed by atoms with E-state index in [-0.39, 0.29) is 11.7 Å². The molecule has 1 amide bonds. The number of nitrogens with zero attached hydrogens (tertiary/aromatic N) is 4. The first-order valence-electron chi connectivity index (χ1n) is 9.76. The quantitative estimate of drug-likeness (QED) is 0.419. The molecule has 0 aliphatic rings. The third-order valence-corrected chi connectivity index (χ3v) is 5.92. The van der Waals surface area contributed by atoms with Crippen molar-refractivity contribution in [2.24, 2.45) is 0 Å². The molecular weight excluding hydrogens is 394 g/mol. The zero-order chi connectivity index (χ0) is 20.5. The number of nitrogens with one attached hydrogen (secondary N) is 1. The molecule has 2 aromatic heterocycles. The number of fused-ring (bicyclic) bond motifs is 4. The lowest BCUT2D eigenvalue weighted by atomic mass is 10.1. The molecule has 0 unspecified atom stereocenters. The van der Waals surface area contributed by atoms with E-state index >= 15 is 0 Å². The summed E-state index contributed by atoms with van der Waals surface area (Å²) < 4.78 is 0. The first-order valence-corrected chi connectivity index (χ1v) is 10.7. The third-order valence-electron chi connectivity index (χ3n) is 5.10. The molecule has 0 radical (unpaired) electrons. The molecule has 7 heteroatoms. The summed E-state index contributed by atoms with van der Waals surface area (Å²) in [6.07, 6.45) is 0. The molecule has 5 rings (SSSR count). The number of aromatic nitrogens is 4. The van der Waals surface area contributed by atoms with Gasteiger partial charge in [0.25, 0.3) is 0 Å². The fraction of sp³-hybridized carbons (Fsp3) is 0.130. The van der Waals surface area contributed by atoms with Crippen LogP contribution in [0.5, 0.6) is 0 Å². The summed E-state index contributed by atoms with van der Waals surface area (Å²) in [5.74, 6) is 0.254. The molecular formula is C23H19N5OS. The number of carbonyl (C=O) groups excluding carboxylic acids is 1. The summed E-state index contributed by atoms with van der Waals surface area (Å²) in [6, 6.07) is 22.0. The van der Waals surface area contributed by atoms with E-state index in [2.05, 4.69) is 32.3 Å². The van der Waals surface area contributed by atoms with Crippen LogP contribution < -0.4 is 4.90 Å². The van der Waals surface area contributed by atoms with Crippen molar-refractivity contribution < 1.29 is 4.79 Å². The summed E-state index contributed by atoms with van der Waals surface area (Å²) in [6.45, 7) is 2.58. The lowest BCUT2D eigenvalue weighted by Crippen LogP contribution is -2.32. The van der Waals surface area contributed by atoms with Crippen molar-refractivity contribution in [3.05, 3.63) is 66.7 Å². The number of thioether (sulfide) groups is 1. The molecule has 1 N–H and O–H groups in total. The molecule has 0 saturated heterocycles. The molecule has 2 heterocycles. The number of anilines is 1. The number of rotatable bonds is 5. The Hall–Kier alpha value is -3.45. The molecule has 0 fully saturated rings. The summed E-state index contributed by atoms with van der Waals surface area (Å²) in [5.41, 5.74) is 3.32. The van der Waals surface area contributed by atoms with Crippen LogP contribution in [0.3, 0.4) is 0 Å². The van der Waals surface area contributed by atoms with Crippen molar-refractivity contribution >= 4 is 56.2 Å². The SMILES string of the molecule is CCN(C(=O)CSc1nnc2c(n1)[nH]c1ccccc12)c1cccc2ccccc12. The van der Waals surface area contributed by atoms with Crippen molar-refractivity contribution in [1.29, 1.82) is 0 Å². The summed E-state index contributed by atoms with van der Waals surface area (Å²) >= 11 is 1.30. The van der Waals surface area contributed by atoms with Crippen molar-refractivity contribution in [3.63, 3.8) is 0 Å². The fourth-order valence-corrected chi connectivity index (χ4v) is 4.36. The maximum Gasteiger partial charge on any atom is 0.237 e. The summed E-state index contributed by atoms with van der Waals surface area (Å²) in [7, 11) is 0. The number of carbonyl (C=O) groups is 1. The highest BCUT2D eigenvalue weighted by molar-refractivity contribution is 7.99. The molecule has 6 nitrogen and oxygen atoms in total. The van der Waals surface area contributed by atoms with Crippen molar-refractivity contribution in [2.45, 2.75) is 12.1 Å². The number of benzene rings is 3. The number of aromatic amines is 1. The molecule has 0 spiro atoms. The Morgan fingerprint density at radius 2 is 1.73 bits per heavy atom. The lowest BCUT2D eigenvalue weighted by Gasteiger charge is -2.22. The molecule has 3 aromatic carbocycles. The van der Waals surface area contributed by atoms with Gasteiger partial charge in [0.2, 0.25) is 11.1 Å². The molecule has 30 heavy (non-hydrogen) atoms. The highest BCUT2D eigenvalue weighted by atomic mass is 32.2. The zero-order valence-electron chi connectivity index (χ0n) is 16.4. The van der Waals surface area contributed by atoms with Crippen molar-refractivity contribution in [3.8, 4) is 0 Å². The number of hydrogen-bond donors (Lipinski definition) is 1. The average Bonchev–Trinajstić information content (AvgIpc) is 3.16. The number of hydrogen-bond acceptors (Lipinski definition) is 5. The van der Waals surface area contributed by atoms with E-state index in [4.69, 9.17) is 0 Å². The average molecular weight is 414 g/mol. The van der Waals surface area contributed by atoms with E-state index in [1.807, 2.05) is 66.4 Å². The van der Waals surface area contributed by atoms with E-state index in [9.17, 15) is 4.79 Å². The van der Waals surface area contributed by atoms with Crippen molar-refractivity contribution in [2.75, 3.05) is 17.2 Å². The van der Waals surface area contributed by atoms with E-state index in [1.165, 1.54) is 11.8 Å². The van der Waals surface area contributed by atoms with Gasteiger partial charge in [-0.05, 0) is 24.4 Å². The van der Waals surface area contributed by atoms with Gasteiger partial charge in [0, 0.05) is 22.8 Å². The van der Waals surface area contributed by atoms with E-state index < -0.39 is 0 Å². The minimum Gasteiger partial charge on any atom is -0.338 e. The summed E-state index contributed by atoms with van der Waals surface area (Å²) in [4.78, 5) is 22.6. The second-order valence-electron chi connectivity index (χ2n) is 6.89. The van der Waals surface area contributed by atoms with Crippen LogP contribution in [0, 0.1) is 0 Å². The molecule has 5 aromatic rings. The fourth-order valence-electron chi connectivity index (χ4n) is 3.70. The number of para-hydroxylation sites is 1. The monoisotopic (exact) mass is 413 g/mol. The van der Waals surface area contributed by atoms with Crippen LogP contribution in [-0.4, -0.2) is 38.4 Å². The molecule has 0 aliphatic carbocycles. The maximum atomic E-state index is 13.0. The van der Waals surface area contributed by atoms with Crippen LogP contribution in [0.4, 0.5) is 5.69 Å². The standard InChI is InChI=1S/C23H19N5OS/c1-2-28(19-13-7-9-15-8-3-4-10-16(15)19)20(29)14-30-23-25-22-21(26-27-23)17-11-5-6-12-18(17)24-22/h3-13H,2,14H2,1H3,(H,24,25,27). The second-order valence-corrected chi connectivity index (χ2v) is 7.83. The molecule has 0 aliphatic heterocycles. The maximum absolute atomic E-state index is 13.0. The van der Waals surface area contributed by atoms with Gasteiger partial charge in [0.05, 0.1) is 11.4 Å². The van der Waals surface area contributed by atoms with Gasteiger partial charge in [0.15, 0.2) is 5.65 Å². The Morgan fingerprint density at radius 3 is 2.60 bits per heavy atom. The Bertz CT molecular complexity index is 1370. The van der Waals surface area contributed by atoms with Gasteiger partial charge in [-0.2, -0.15) is 0 Å². The van der Waals surface area contributed by atoms with Gasteiger partial charge >= 0.3 is 0 Å². The molecule has 148 valence electrons. The summed E-state index contributed by atoms with van der Waals surface area (Å²) in [5, 5.41) is 12.2. The Balaban J connectivity index is 1.38. The highest BCUT2D eigenvalue weighted by Crippen LogP contribution is 2.28. The second kappa shape index (κ2) is 7.76. The number of amides is 1. The zero-order valence-corrected chi connectivity index (χ0v) is 17.2. The normalized spacial score (nSPS) is 11.4. The predicted octanol–water partition coefficient (Wildman–Crippen LogP) is 4.80. The van der Waals surface area contributed by atoms with Gasteiger partial charge in [-0.25, -0.2) is 4.98 Å². The van der Waals surface area contributed by atoms with Crippen molar-refractivity contribution in [1.82, 2.24) is 20.2 Å². The first kappa shape index (κ1) is 18.6. The van der Waals surface area contributed by atoms with Crippen LogP contribution in [0.15, 0.2) is 71.9 Å². The minimum absolute atomic E-state index is 0.0131. The third kappa shape index (κ3) is 3.27. The van der Waals surface area contributed by atoms with Crippen LogP contribution in [0.1, 0.15) is 6.92 Å². The van der Waals surface area contributed by atoms with E-state index in [0.29, 0.717) is 17.3 Å². The molecule has 0 atom stereocenters. The predicted molar refractivity (Wildman–Crippen MR) is 122 cm³/mol.